The minimum Gasteiger partial charge on any atom is -0.490 e. The Balaban J connectivity index is 2.06. The lowest BCUT2D eigenvalue weighted by Crippen LogP contribution is -2.40. The molecule has 0 radical (unpaired) electrons. The van der Waals surface area contributed by atoms with Crippen LogP contribution >= 0.6 is 0 Å². The van der Waals surface area contributed by atoms with Crippen LogP contribution in [0.5, 0.6) is 11.5 Å². The zero-order chi connectivity index (χ0) is 18.2. The van der Waals surface area contributed by atoms with Gasteiger partial charge in [0, 0.05) is 18.7 Å². The van der Waals surface area contributed by atoms with E-state index in [1.54, 1.807) is 23.1 Å². The Morgan fingerprint density at radius 2 is 1.88 bits per heavy atom. The zero-order valence-electron chi connectivity index (χ0n) is 15.0. The number of carboxylic acid groups (broad SMARTS) is 1. The highest BCUT2D eigenvalue weighted by molar-refractivity contribution is 5.95. The molecule has 0 bridgehead atoms. The van der Waals surface area contributed by atoms with Crippen LogP contribution in [0.4, 0.5) is 0 Å². The predicted octanol–water partition coefficient (Wildman–Crippen LogP) is 3.20. The van der Waals surface area contributed by atoms with E-state index in [4.69, 9.17) is 14.6 Å². The van der Waals surface area contributed by atoms with Gasteiger partial charge in [-0.3, -0.25) is 9.59 Å². The Bertz CT molecular complexity index is 593. The summed E-state index contributed by atoms with van der Waals surface area (Å²) in [6.07, 6.45) is 3.01. The van der Waals surface area contributed by atoms with Gasteiger partial charge in [0.05, 0.1) is 19.1 Å². The van der Waals surface area contributed by atoms with E-state index in [0.29, 0.717) is 56.2 Å². The first-order valence-corrected chi connectivity index (χ1v) is 8.98. The minimum absolute atomic E-state index is 0.0927. The van der Waals surface area contributed by atoms with Crippen molar-refractivity contribution < 1.29 is 24.2 Å². The summed E-state index contributed by atoms with van der Waals surface area (Å²) in [6, 6.07) is 5.24. The van der Waals surface area contributed by atoms with Crippen LogP contribution in [0, 0.1) is 5.92 Å². The first-order valence-electron chi connectivity index (χ1n) is 8.98. The van der Waals surface area contributed by atoms with Crippen molar-refractivity contribution in [2.45, 2.75) is 39.5 Å². The number of carbonyl (C=O) groups is 2. The number of likely N-dealkylation sites (tertiary alicyclic amines) is 1. The van der Waals surface area contributed by atoms with Crippen molar-refractivity contribution in [3.8, 4) is 11.5 Å². The first kappa shape index (κ1) is 19.1. The molecule has 2 rings (SSSR count). The molecule has 1 fully saturated rings. The number of piperidine rings is 1. The van der Waals surface area contributed by atoms with Crippen LogP contribution in [0.1, 0.15) is 49.9 Å². The average Bonchev–Trinajstić information content (AvgIpc) is 2.62. The van der Waals surface area contributed by atoms with Crippen molar-refractivity contribution in [1.82, 2.24) is 4.90 Å². The fourth-order valence-corrected chi connectivity index (χ4v) is 2.87. The molecule has 1 aliphatic rings. The van der Waals surface area contributed by atoms with Gasteiger partial charge in [0.15, 0.2) is 11.5 Å². The number of hydrogen-bond acceptors (Lipinski definition) is 4. The van der Waals surface area contributed by atoms with Gasteiger partial charge in [-0.15, -0.1) is 0 Å². The lowest BCUT2D eigenvalue weighted by molar-refractivity contribution is -0.143. The van der Waals surface area contributed by atoms with Crippen LogP contribution in [0.25, 0.3) is 0 Å². The molecule has 1 aromatic carbocycles. The van der Waals surface area contributed by atoms with E-state index in [9.17, 15) is 9.59 Å². The molecule has 6 heteroatoms. The summed E-state index contributed by atoms with van der Waals surface area (Å²) in [7, 11) is 0. The Morgan fingerprint density at radius 1 is 1.16 bits per heavy atom. The summed E-state index contributed by atoms with van der Waals surface area (Å²) in [5.41, 5.74) is 0.542. The zero-order valence-corrected chi connectivity index (χ0v) is 15.0. The quantitative estimate of drug-likeness (QED) is 0.729. The smallest absolute Gasteiger partial charge is 0.306 e. The third-order valence-electron chi connectivity index (χ3n) is 4.38. The highest BCUT2D eigenvalue weighted by atomic mass is 16.5. The third kappa shape index (κ3) is 5.11. The van der Waals surface area contributed by atoms with Gasteiger partial charge in [-0.05, 0) is 44.4 Å². The highest BCUT2D eigenvalue weighted by Gasteiger charge is 2.27. The molecule has 138 valence electrons. The number of amides is 1. The fourth-order valence-electron chi connectivity index (χ4n) is 2.87. The number of benzene rings is 1. The average molecular weight is 349 g/mol. The van der Waals surface area contributed by atoms with Crippen molar-refractivity contribution >= 4 is 11.9 Å². The molecule has 1 heterocycles. The minimum atomic E-state index is -0.778. The molecular formula is C19H27NO5. The molecule has 25 heavy (non-hydrogen) atoms. The molecule has 1 saturated heterocycles. The molecule has 0 spiro atoms. The Labute approximate surface area is 148 Å². The summed E-state index contributed by atoms with van der Waals surface area (Å²) >= 11 is 0. The van der Waals surface area contributed by atoms with Crippen molar-refractivity contribution in [1.29, 1.82) is 0 Å². The Hall–Kier alpha value is -2.24. The number of unbranched alkanes of at least 4 members (excludes halogenated alkanes) is 1. The summed E-state index contributed by atoms with van der Waals surface area (Å²) in [5, 5.41) is 9.06. The summed E-state index contributed by atoms with van der Waals surface area (Å²) in [4.78, 5) is 25.4. The standard InChI is InChI=1S/C19H27NO5/c1-3-5-12-25-16-7-6-15(13-17(16)24-4-2)18(21)20-10-8-14(9-11-20)19(22)23/h6-7,13-14H,3-5,8-12H2,1-2H3,(H,22,23). The van der Waals surface area contributed by atoms with Gasteiger partial charge in [0.25, 0.3) is 5.91 Å². The third-order valence-corrected chi connectivity index (χ3v) is 4.38. The van der Waals surface area contributed by atoms with Crippen LogP contribution in [-0.4, -0.2) is 48.2 Å². The summed E-state index contributed by atoms with van der Waals surface area (Å²) in [6.45, 7) is 6.03. The van der Waals surface area contributed by atoms with Gasteiger partial charge < -0.3 is 19.5 Å². The summed E-state index contributed by atoms with van der Waals surface area (Å²) in [5.74, 6) is 0.00268. The number of carbonyl (C=O) groups excluding carboxylic acids is 1. The molecular weight excluding hydrogens is 322 g/mol. The Kier molecular flexibility index (Phi) is 7.10. The molecule has 6 nitrogen and oxygen atoms in total. The molecule has 0 aromatic heterocycles. The molecule has 1 aromatic rings. The van der Waals surface area contributed by atoms with Gasteiger partial charge in [-0.2, -0.15) is 0 Å². The van der Waals surface area contributed by atoms with Crippen LogP contribution in [0.2, 0.25) is 0 Å². The molecule has 0 saturated carbocycles. The second-order valence-electron chi connectivity index (χ2n) is 6.20. The topological polar surface area (TPSA) is 76.1 Å². The van der Waals surface area contributed by atoms with E-state index in [1.807, 2.05) is 6.92 Å². The van der Waals surface area contributed by atoms with Gasteiger partial charge >= 0.3 is 5.97 Å². The number of ether oxygens (including phenoxy) is 2. The summed E-state index contributed by atoms with van der Waals surface area (Å²) < 4.78 is 11.4. The van der Waals surface area contributed by atoms with E-state index in [2.05, 4.69) is 6.92 Å². The van der Waals surface area contributed by atoms with E-state index in [-0.39, 0.29) is 11.8 Å². The first-order chi connectivity index (χ1) is 12.1. The van der Waals surface area contributed by atoms with E-state index in [0.717, 1.165) is 12.8 Å². The van der Waals surface area contributed by atoms with E-state index < -0.39 is 5.97 Å². The van der Waals surface area contributed by atoms with Gasteiger partial charge in [-0.1, -0.05) is 13.3 Å². The maximum absolute atomic E-state index is 12.7. The normalized spacial score (nSPS) is 15.0. The maximum Gasteiger partial charge on any atom is 0.306 e. The predicted molar refractivity (Wildman–Crippen MR) is 94.3 cm³/mol. The van der Waals surface area contributed by atoms with Crippen molar-refractivity contribution in [2.24, 2.45) is 5.92 Å². The van der Waals surface area contributed by atoms with Crippen LogP contribution < -0.4 is 9.47 Å². The van der Waals surface area contributed by atoms with E-state index in [1.165, 1.54) is 0 Å². The van der Waals surface area contributed by atoms with Crippen LogP contribution in [0.3, 0.4) is 0 Å². The molecule has 0 unspecified atom stereocenters. The van der Waals surface area contributed by atoms with E-state index >= 15 is 0 Å². The number of aliphatic carboxylic acids is 1. The lowest BCUT2D eigenvalue weighted by atomic mass is 9.96. The maximum atomic E-state index is 12.7. The van der Waals surface area contributed by atoms with Gasteiger partial charge in [-0.25, -0.2) is 0 Å². The molecule has 1 amide bonds. The van der Waals surface area contributed by atoms with Crippen LogP contribution in [-0.2, 0) is 4.79 Å². The number of hydrogen-bond donors (Lipinski definition) is 1. The number of carboxylic acids is 1. The number of rotatable bonds is 8. The van der Waals surface area contributed by atoms with Crippen molar-refractivity contribution in [3.63, 3.8) is 0 Å². The Morgan fingerprint density at radius 3 is 2.48 bits per heavy atom. The van der Waals surface area contributed by atoms with Crippen LogP contribution in [0.15, 0.2) is 18.2 Å². The molecule has 0 atom stereocenters. The van der Waals surface area contributed by atoms with Crippen molar-refractivity contribution in [3.05, 3.63) is 23.8 Å². The highest BCUT2D eigenvalue weighted by Crippen LogP contribution is 2.30. The van der Waals surface area contributed by atoms with Gasteiger partial charge in [0.1, 0.15) is 0 Å². The molecule has 0 aliphatic carbocycles. The van der Waals surface area contributed by atoms with Gasteiger partial charge in [0.2, 0.25) is 0 Å². The lowest BCUT2D eigenvalue weighted by Gasteiger charge is -2.30. The largest absolute Gasteiger partial charge is 0.490 e. The second-order valence-corrected chi connectivity index (χ2v) is 6.20. The monoisotopic (exact) mass is 349 g/mol. The fraction of sp³-hybridized carbons (Fsp3) is 0.579. The second kappa shape index (κ2) is 9.30. The van der Waals surface area contributed by atoms with Crippen molar-refractivity contribution in [2.75, 3.05) is 26.3 Å². The SMILES string of the molecule is CCCCOc1ccc(C(=O)N2CCC(C(=O)O)CC2)cc1OCC. The molecule has 1 N–H and O–H groups in total. The molecule has 1 aliphatic heterocycles. The number of nitrogens with zero attached hydrogens (tertiary/aromatic N) is 1.